The highest BCUT2D eigenvalue weighted by Crippen LogP contribution is 2.29. The maximum absolute atomic E-state index is 12.1. The van der Waals surface area contributed by atoms with Crippen molar-refractivity contribution in [3.8, 4) is 23.7 Å². The lowest BCUT2D eigenvalue weighted by Gasteiger charge is -2.07. The molecule has 0 radical (unpaired) electrons. The van der Waals surface area contributed by atoms with Crippen LogP contribution in [0.5, 0.6) is 0 Å². The van der Waals surface area contributed by atoms with E-state index in [4.69, 9.17) is 9.47 Å². The molecule has 0 N–H and O–H groups in total. The fraction of sp³-hybridized carbons (Fsp3) is 0.629. The third-order valence-electron chi connectivity index (χ3n) is 6.56. The van der Waals surface area contributed by atoms with Gasteiger partial charge in [-0.3, -0.25) is 4.79 Å². The molecule has 0 aliphatic carbocycles. The summed E-state index contributed by atoms with van der Waals surface area (Å²) in [5.41, 5.74) is 0. The van der Waals surface area contributed by atoms with Crippen molar-refractivity contribution in [2.24, 2.45) is 0 Å². The molecule has 1 fully saturated rings. The summed E-state index contributed by atoms with van der Waals surface area (Å²) < 4.78 is 11.1. The average Bonchev–Trinajstić information content (AvgIpc) is 3.67. The van der Waals surface area contributed by atoms with Gasteiger partial charge in [0.15, 0.2) is 6.10 Å². The van der Waals surface area contributed by atoms with Crippen LogP contribution in [-0.2, 0) is 14.3 Å². The third kappa shape index (κ3) is 20.6. The van der Waals surface area contributed by atoms with Crippen LogP contribution in [0.25, 0.3) is 0 Å². The van der Waals surface area contributed by atoms with E-state index in [2.05, 4.69) is 68.1 Å². The molecule has 0 unspecified atom stereocenters. The quantitative estimate of drug-likeness (QED) is 0.0443. The van der Waals surface area contributed by atoms with Crippen molar-refractivity contribution in [1.82, 2.24) is 0 Å². The summed E-state index contributed by atoms with van der Waals surface area (Å²) in [4.78, 5) is 12.1. The molecular weight excluding hydrogens is 468 g/mol. The molecule has 1 saturated heterocycles. The Balaban J connectivity index is 2.02. The van der Waals surface area contributed by atoms with Crippen LogP contribution < -0.4 is 0 Å². The molecule has 210 valence electrons. The van der Waals surface area contributed by atoms with Crippen molar-refractivity contribution in [3.05, 3.63) is 49.6 Å². The van der Waals surface area contributed by atoms with Gasteiger partial charge in [0.05, 0.1) is 12.2 Å². The van der Waals surface area contributed by atoms with E-state index in [0.717, 1.165) is 44.9 Å². The second kappa shape index (κ2) is 24.8. The Labute approximate surface area is 234 Å². The van der Waals surface area contributed by atoms with Crippen molar-refractivity contribution < 1.29 is 14.3 Å². The summed E-state index contributed by atoms with van der Waals surface area (Å²) in [6.07, 6.45) is 32.4. The summed E-state index contributed by atoms with van der Waals surface area (Å²) in [6.45, 7) is 9.71. The molecule has 3 heteroatoms. The number of ether oxygens (including phenoxy) is 2. The summed E-state index contributed by atoms with van der Waals surface area (Å²) >= 11 is 0. The van der Waals surface area contributed by atoms with E-state index >= 15 is 0 Å². The molecule has 1 rings (SSSR count). The lowest BCUT2D eigenvalue weighted by atomic mass is 10.1. The molecule has 3 nitrogen and oxygen atoms in total. The van der Waals surface area contributed by atoms with Gasteiger partial charge in [0, 0.05) is 12.8 Å². The number of unbranched alkanes of at least 4 members (excludes halogenated alkanes) is 11. The van der Waals surface area contributed by atoms with Crippen LogP contribution >= 0.6 is 0 Å². The predicted molar refractivity (Wildman–Crippen MR) is 162 cm³/mol. The lowest BCUT2D eigenvalue weighted by Crippen LogP contribution is -2.13. The molecule has 3 atom stereocenters. The first-order valence-electron chi connectivity index (χ1n) is 15.1. The second-order valence-electron chi connectivity index (χ2n) is 10.0. The Bertz CT molecular complexity index is 814. The maximum Gasteiger partial charge on any atom is 0.307 e. The first kappa shape index (κ1) is 33.5. The van der Waals surface area contributed by atoms with Gasteiger partial charge in [-0.2, -0.15) is 0 Å². The standard InChI is InChI=1S/C35H52O3/c1-4-7-9-11-12-13-14-15-16-17-18-19-20-22-27-31-35(36)37-32(6-3)28-24-23-26-30-34-33(38-34)29-25-21-10-8-5-2/h5-6,12-13,15-16,32-34H,2-4,7-11,14,17-22,25,27,29-31H2,1H3/b13-12-,16-15-/t32-,33+,34-/m1/s1. The molecule has 1 heterocycles. The van der Waals surface area contributed by atoms with Crippen LogP contribution in [0.3, 0.4) is 0 Å². The summed E-state index contributed by atoms with van der Waals surface area (Å²) in [5.74, 6) is 11.4. The van der Waals surface area contributed by atoms with E-state index in [9.17, 15) is 4.79 Å². The van der Waals surface area contributed by atoms with Gasteiger partial charge in [0.1, 0.15) is 0 Å². The van der Waals surface area contributed by atoms with Crippen molar-refractivity contribution in [2.45, 2.75) is 141 Å². The Morgan fingerprint density at radius 1 is 0.842 bits per heavy atom. The number of carbonyl (C=O) groups excluding carboxylic acids is 1. The number of rotatable bonds is 23. The molecule has 0 aromatic carbocycles. The zero-order valence-corrected chi connectivity index (χ0v) is 24.1. The van der Waals surface area contributed by atoms with Gasteiger partial charge >= 0.3 is 5.97 Å². The Kier molecular flexibility index (Phi) is 21.9. The highest BCUT2D eigenvalue weighted by atomic mass is 16.6. The molecule has 38 heavy (non-hydrogen) atoms. The molecule has 0 bridgehead atoms. The molecule has 0 aromatic rings. The molecule has 0 amide bonds. The molecule has 1 aliphatic heterocycles. The SMILES string of the molecule is C=CCCCCC[C@@H]1O[C@@H]1CC#CC#C[C@@H](C=C)OC(=O)CCCCCCC/C=C\C/C=C\CCCCC. The highest BCUT2D eigenvalue weighted by Gasteiger charge is 2.36. The zero-order chi connectivity index (χ0) is 27.5. The Hall–Kier alpha value is -2.49. The number of carbonyl (C=O) groups is 1. The maximum atomic E-state index is 12.1. The Morgan fingerprint density at radius 3 is 2.26 bits per heavy atom. The monoisotopic (exact) mass is 520 g/mol. The van der Waals surface area contributed by atoms with Crippen LogP contribution in [-0.4, -0.2) is 24.3 Å². The van der Waals surface area contributed by atoms with Gasteiger partial charge in [0.25, 0.3) is 0 Å². The van der Waals surface area contributed by atoms with Crippen molar-refractivity contribution >= 4 is 5.97 Å². The van der Waals surface area contributed by atoms with Crippen LogP contribution in [0.1, 0.15) is 122 Å². The highest BCUT2D eigenvalue weighted by molar-refractivity contribution is 5.70. The van der Waals surface area contributed by atoms with Gasteiger partial charge in [-0.1, -0.05) is 94.7 Å². The zero-order valence-electron chi connectivity index (χ0n) is 24.1. The minimum Gasteiger partial charge on any atom is -0.445 e. The van der Waals surface area contributed by atoms with E-state index in [1.54, 1.807) is 6.08 Å². The molecule has 0 aromatic heterocycles. The second-order valence-corrected chi connectivity index (χ2v) is 10.0. The minimum atomic E-state index is -0.602. The number of epoxide rings is 1. The van der Waals surface area contributed by atoms with Gasteiger partial charge in [-0.25, -0.2) is 0 Å². The van der Waals surface area contributed by atoms with Crippen molar-refractivity contribution in [1.29, 1.82) is 0 Å². The fourth-order valence-electron chi connectivity index (χ4n) is 4.14. The summed E-state index contributed by atoms with van der Waals surface area (Å²) in [5, 5.41) is 0. The van der Waals surface area contributed by atoms with Crippen LogP contribution in [0.2, 0.25) is 0 Å². The predicted octanol–water partition coefficient (Wildman–Crippen LogP) is 9.20. The van der Waals surface area contributed by atoms with Gasteiger partial charge in [0.2, 0.25) is 0 Å². The third-order valence-corrected chi connectivity index (χ3v) is 6.56. The first-order valence-corrected chi connectivity index (χ1v) is 15.1. The van der Waals surface area contributed by atoms with Crippen LogP contribution in [0, 0.1) is 23.7 Å². The number of hydrogen-bond acceptors (Lipinski definition) is 3. The van der Waals surface area contributed by atoms with E-state index in [0.29, 0.717) is 18.9 Å². The average molecular weight is 521 g/mol. The van der Waals surface area contributed by atoms with Gasteiger partial charge in [-0.05, 0) is 81.6 Å². The topological polar surface area (TPSA) is 38.8 Å². The molecular formula is C35H52O3. The minimum absolute atomic E-state index is 0.217. The smallest absolute Gasteiger partial charge is 0.307 e. The van der Waals surface area contributed by atoms with Crippen LogP contribution in [0.15, 0.2) is 49.6 Å². The van der Waals surface area contributed by atoms with E-state index in [1.165, 1.54) is 57.8 Å². The number of esters is 1. The van der Waals surface area contributed by atoms with E-state index in [1.807, 2.05) is 6.08 Å². The number of hydrogen-bond donors (Lipinski definition) is 0. The first-order chi connectivity index (χ1) is 18.7. The summed E-state index contributed by atoms with van der Waals surface area (Å²) in [6, 6.07) is 0. The van der Waals surface area contributed by atoms with Gasteiger partial charge in [-0.15, -0.1) is 6.58 Å². The number of allylic oxidation sites excluding steroid dienone is 5. The Morgan fingerprint density at radius 2 is 1.53 bits per heavy atom. The molecule has 0 spiro atoms. The van der Waals surface area contributed by atoms with Crippen molar-refractivity contribution in [2.75, 3.05) is 0 Å². The lowest BCUT2D eigenvalue weighted by molar-refractivity contribution is -0.144. The van der Waals surface area contributed by atoms with Crippen molar-refractivity contribution in [3.63, 3.8) is 0 Å². The fourth-order valence-corrected chi connectivity index (χ4v) is 4.14. The van der Waals surface area contributed by atoms with E-state index in [-0.39, 0.29) is 12.1 Å². The van der Waals surface area contributed by atoms with Crippen LogP contribution in [0.4, 0.5) is 0 Å². The van der Waals surface area contributed by atoms with E-state index < -0.39 is 6.10 Å². The normalized spacial score (nSPS) is 16.9. The van der Waals surface area contributed by atoms with Gasteiger partial charge < -0.3 is 9.47 Å². The molecule has 0 saturated carbocycles. The summed E-state index contributed by atoms with van der Waals surface area (Å²) in [7, 11) is 0. The largest absolute Gasteiger partial charge is 0.445 e. The molecule has 1 aliphatic rings.